The van der Waals surface area contributed by atoms with Gasteiger partial charge < -0.3 is 87.4 Å². The van der Waals surface area contributed by atoms with E-state index in [0.29, 0.717) is 141 Å². The van der Waals surface area contributed by atoms with E-state index in [-0.39, 0.29) is 83.3 Å². The fourth-order valence-electron chi connectivity index (χ4n) is 6.13. The van der Waals surface area contributed by atoms with Gasteiger partial charge in [0.05, 0.1) is 132 Å². The zero-order chi connectivity index (χ0) is 54.1. The summed E-state index contributed by atoms with van der Waals surface area (Å²) in [6.07, 6.45) is 0.325. The minimum atomic E-state index is -1.07. The molecule has 0 bridgehead atoms. The lowest BCUT2D eigenvalue weighted by molar-refractivity contribution is -0.130. The number of amides is 3. The predicted octanol–water partition coefficient (Wildman–Crippen LogP) is 1.78. The van der Waals surface area contributed by atoms with Crippen molar-refractivity contribution in [3.63, 3.8) is 0 Å². The van der Waals surface area contributed by atoms with Crippen LogP contribution in [0.3, 0.4) is 0 Å². The number of ketones is 1. The molecule has 0 aliphatic rings. The molecule has 1 atom stereocenters. The Morgan fingerprint density at radius 3 is 1.29 bits per heavy atom. The first kappa shape index (κ1) is 62.3. The maximum atomic E-state index is 13.1. The standard InChI is InChI=1S/C50H74N8O18/c1-38(59)11-15-63-19-22-66-18-14-52-47(62)44(54-46(61)13-17-65-21-24-68-26-28-70-30-31-71-33-35-73-42-7-3-40(4-8-42)48-56-55-39(2)75-48)37-53-45(60)12-16-64-20-23-67-25-27-69-29-32-72-34-36-74-43-9-5-41(6-10-43)49-57-58-50(51)76-49/h3-10,44H,11-37H2,1-2H3,(H2,51,58)(H,52,62)(H,53,60)(H,54,61). The lowest BCUT2D eigenvalue weighted by atomic mass is 10.2. The molecule has 0 radical (unpaired) electrons. The lowest BCUT2D eigenvalue weighted by Gasteiger charge is -2.19. The Kier molecular flexibility index (Phi) is 32.9. The number of nitrogen functional groups attached to an aromatic ring is 1. The van der Waals surface area contributed by atoms with E-state index in [1.54, 1.807) is 31.2 Å². The number of rotatable bonds is 47. The van der Waals surface area contributed by atoms with Gasteiger partial charge in [-0.05, 0) is 55.5 Å². The van der Waals surface area contributed by atoms with Crippen LogP contribution in [0.15, 0.2) is 57.4 Å². The highest BCUT2D eigenvalue weighted by molar-refractivity contribution is 5.88. The number of aromatic nitrogens is 4. The van der Waals surface area contributed by atoms with Gasteiger partial charge in [0.25, 0.3) is 0 Å². The quantitative estimate of drug-likeness (QED) is 0.0458. The summed E-state index contributed by atoms with van der Waals surface area (Å²) in [4.78, 5) is 49.6. The second-order valence-corrected chi connectivity index (χ2v) is 16.1. The minimum absolute atomic E-state index is 0.00325. The summed E-state index contributed by atoms with van der Waals surface area (Å²) in [6, 6.07) is 13.5. The van der Waals surface area contributed by atoms with E-state index in [0.717, 1.165) is 11.1 Å². The van der Waals surface area contributed by atoms with Gasteiger partial charge in [-0.3, -0.25) is 19.2 Å². The SMILES string of the molecule is CC(=O)CCOCCOCCNC(=O)C(CNC(=O)CCOCCOCCOCCOCCOc1ccc(-c2nnc(N)o2)cc1)NC(=O)CCOCCOCCOCCOCCOc1ccc(-c2nnc(C)o2)cc1. The average Bonchev–Trinajstić information content (AvgIpc) is 4.07. The topological polar surface area (TPSA) is 319 Å². The third-order valence-electron chi connectivity index (χ3n) is 10.0. The summed E-state index contributed by atoms with van der Waals surface area (Å²) < 4.78 is 77.1. The molecule has 26 heteroatoms. The first-order valence-electron chi connectivity index (χ1n) is 25.1. The maximum Gasteiger partial charge on any atom is 0.313 e. The first-order valence-corrected chi connectivity index (χ1v) is 25.1. The summed E-state index contributed by atoms with van der Waals surface area (Å²) in [5, 5.41) is 23.4. The van der Waals surface area contributed by atoms with Gasteiger partial charge >= 0.3 is 6.01 Å². The number of carbonyl (C=O) groups excluding carboxylic acids is 4. The number of Topliss-reactive ketones (excluding diaryl/α,β-unsaturated/α-hetero) is 1. The molecule has 3 amide bonds. The number of aryl methyl sites for hydroxylation is 1. The smallest absolute Gasteiger partial charge is 0.313 e. The molecule has 4 aromatic rings. The Hall–Kier alpha value is -6.20. The van der Waals surface area contributed by atoms with Crippen LogP contribution in [0.4, 0.5) is 6.01 Å². The van der Waals surface area contributed by atoms with E-state index in [1.807, 2.05) is 24.3 Å². The number of nitrogens with zero attached hydrogens (tertiary/aromatic N) is 4. The summed E-state index contributed by atoms with van der Waals surface area (Å²) >= 11 is 0. The molecule has 0 fully saturated rings. The van der Waals surface area contributed by atoms with Gasteiger partial charge in [0.1, 0.15) is 36.5 Å². The van der Waals surface area contributed by atoms with Crippen molar-refractivity contribution in [2.75, 3.05) is 164 Å². The van der Waals surface area contributed by atoms with Crippen LogP contribution in [-0.4, -0.2) is 208 Å². The van der Waals surface area contributed by atoms with Crippen molar-refractivity contribution in [3.05, 3.63) is 54.4 Å². The van der Waals surface area contributed by atoms with Crippen molar-refractivity contribution >= 4 is 29.5 Å². The molecule has 1 unspecified atom stereocenters. The molecule has 2 heterocycles. The Balaban J connectivity index is 0.959. The highest BCUT2D eigenvalue weighted by Crippen LogP contribution is 2.22. The Labute approximate surface area is 441 Å². The van der Waals surface area contributed by atoms with Crippen LogP contribution in [0, 0.1) is 6.92 Å². The predicted molar refractivity (Wildman–Crippen MR) is 270 cm³/mol. The van der Waals surface area contributed by atoms with Gasteiger partial charge in [-0.25, -0.2) is 0 Å². The van der Waals surface area contributed by atoms with E-state index in [9.17, 15) is 19.2 Å². The van der Waals surface area contributed by atoms with E-state index in [1.165, 1.54) is 6.92 Å². The molecule has 2 aromatic carbocycles. The summed E-state index contributed by atoms with van der Waals surface area (Å²) in [6.45, 7) is 10.2. The molecule has 422 valence electrons. The fourth-order valence-corrected chi connectivity index (χ4v) is 6.13. The van der Waals surface area contributed by atoms with Crippen LogP contribution in [-0.2, 0) is 66.5 Å². The second-order valence-electron chi connectivity index (χ2n) is 16.1. The van der Waals surface area contributed by atoms with Crippen molar-refractivity contribution in [2.24, 2.45) is 0 Å². The van der Waals surface area contributed by atoms with Gasteiger partial charge in [0, 0.05) is 50.4 Å². The minimum Gasteiger partial charge on any atom is -0.491 e. The molecule has 0 aliphatic carbocycles. The molecule has 5 N–H and O–H groups in total. The molecule has 0 spiro atoms. The average molecular weight is 1080 g/mol. The number of nitrogens with one attached hydrogen (secondary N) is 3. The van der Waals surface area contributed by atoms with E-state index < -0.39 is 17.9 Å². The number of nitrogens with two attached hydrogens (primary N) is 1. The summed E-state index contributed by atoms with van der Waals surface area (Å²) in [5.41, 5.74) is 7.01. The van der Waals surface area contributed by atoms with Crippen LogP contribution in [0.5, 0.6) is 11.5 Å². The number of ether oxygens (including phenoxy) is 12. The zero-order valence-corrected chi connectivity index (χ0v) is 43.5. The van der Waals surface area contributed by atoms with Crippen molar-refractivity contribution in [3.8, 4) is 34.4 Å². The number of anilines is 1. The third-order valence-corrected chi connectivity index (χ3v) is 10.0. The van der Waals surface area contributed by atoms with Crippen molar-refractivity contribution < 1.29 is 84.9 Å². The molecule has 0 saturated carbocycles. The van der Waals surface area contributed by atoms with Crippen molar-refractivity contribution in [1.82, 2.24) is 36.3 Å². The van der Waals surface area contributed by atoms with E-state index in [4.69, 9.17) is 71.4 Å². The number of hydrogen-bond acceptors (Lipinski definition) is 23. The molecule has 76 heavy (non-hydrogen) atoms. The Bertz CT molecular complexity index is 2160. The Morgan fingerprint density at radius 2 is 0.868 bits per heavy atom. The molecule has 0 aliphatic heterocycles. The molecular formula is C50H74N8O18. The van der Waals surface area contributed by atoms with Gasteiger partial charge in [0.15, 0.2) is 0 Å². The van der Waals surface area contributed by atoms with E-state index in [2.05, 4.69) is 36.3 Å². The molecular weight excluding hydrogens is 1000 g/mol. The van der Waals surface area contributed by atoms with Gasteiger partial charge in [0.2, 0.25) is 35.4 Å². The van der Waals surface area contributed by atoms with Gasteiger partial charge in [-0.15, -0.1) is 15.3 Å². The Morgan fingerprint density at radius 1 is 0.474 bits per heavy atom. The van der Waals surface area contributed by atoms with Crippen LogP contribution in [0.25, 0.3) is 22.9 Å². The highest BCUT2D eigenvalue weighted by Gasteiger charge is 2.21. The van der Waals surface area contributed by atoms with Crippen molar-refractivity contribution in [2.45, 2.75) is 39.2 Å². The monoisotopic (exact) mass is 1070 g/mol. The maximum absolute atomic E-state index is 13.1. The normalized spacial score (nSPS) is 11.6. The number of carbonyl (C=O) groups is 4. The first-order chi connectivity index (χ1) is 37.2. The van der Waals surface area contributed by atoms with Crippen LogP contribution < -0.4 is 31.2 Å². The molecule has 0 saturated heterocycles. The summed E-state index contributed by atoms with van der Waals surface area (Å²) in [5.74, 6) is 1.37. The van der Waals surface area contributed by atoms with Crippen LogP contribution >= 0.6 is 0 Å². The lowest BCUT2D eigenvalue weighted by Crippen LogP contribution is -2.53. The molecule has 4 rings (SSSR count). The highest BCUT2D eigenvalue weighted by atomic mass is 16.6. The van der Waals surface area contributed by atoms with Crippen LogP contribution in [0.1, 0.15) is 32.1 Å². The number of benzene rings is 2. The van der Waals surface area contributed by atoms with E-state index >= 15 is 0 Å². The molecule has 2 aromatic heterocycles. The third kappa shape index (κ3) is 29.8. The summed E-state index contributed by atoms with van der Waals surface area (Å²) in [7, 11) is 0. The van der Waals surface area contributed by atoms with Crippen LogP contribution in [0.2, 0.25) is 0 Å². The van der Waals surface area contributed by atoms with Gasteiger partial charge in [-0.2, -0.15) is 0 Å². The second kappa shape index (κ2) is 40.1. The number of hydrogen-bond donors (Lipinski definition) is 4. The largest absolute Gasteiger partial charge is 0.491 e. The fraction of sp³-hybridized carbons (Fsp3) is 0.600. The zero-order valence-electron chi connectivity index (χ0n) is 43.5. The van der Waals surface area contributed by atoms with Gasteiger partial charge in [-0.1, -0.05) is 5.10 Å². The van der Waals surface area contributed by atoms with Crippen molar-refractivity contribution in [1.29, 1.82) is 0 Å². The molecule has 26 nitrogen and oxygen atoms in total.